The summed E-state index contributed by atoms with van der Waals surface area (Å²) in [6.45, 7) is 2.85. The van der Waals surface area contributed by atoms with E-state index in [4.69, 9.17) is 4.74 Å². The number of carbonyl (C=O) groups excluding carboxylic acids is 2. The summed E-state index contributed by atoms with van der Waals surface area (Å²) in [6.07, 6.45) is -4.22. The lowest BCUT2D eigenvalue weighted by atomic mass is 10.1. The highest BCUT2D eigenvalue weighted by molar-refractivity contribution is 7.10. The Morgan fingerprint density at radius 2 is 1.68 bits per heavy atom. The number of benzene rings is 2. The van der Waals surface area contributed by atoms with Gasteiger partial charge in [-0.15, -0.1) is 11.3 Å². The number of halogens is 3. The summed E-state index contributed by atoms with van der Waals surface area (Å²) in [4.78, 5) is 30.5. The number of thiophene rings is 1. The van der Waals surface area contributed by atoms with Gasteiger partial charge in [-0.3, -0.25) is 4.79 Å². The topological polar surface area (TPSA) is 61.9 Å². The minimum Gasteiger partial charge on any atom is -0.385 e. The predicted molar refractivity (Wildman–Crippen MR) is 138 cm³/mol. The SMILES string of the molecule is COCCCN(CC(=O)N(Cc1ccccc1)Cc1sccc1C)C(=O)Nc1ccccc1C(F)(F)F. The fraction of sp³-hybridized carbons (Fsp3) is 0.333. The van der Waals surface area contributed by atoms with Crippen LogP contribution in [0.15, 0.2) is 66.0 Å². The number of hydrogen-bond donors (Lipinski definition) is 1. The summed E-state index contributed by atoms with van der Waals surface area (Å²) >= 11 is 1.54. The minimum absolute atomic E-state index is 0.136. The molecule has 0 saturated carbocycles. The van der Waals surface area contributed by atoms with Crippen LogP contribution in [0.3, 0.4) is 0 Å². The normalized spacial score (nSPS) is 11.3. The summed E-state index contributed by atoms with van der Waals surface area (Å²) in [5.74, 6) is -0.312. The molecule has 1 N–H and O–H groups in total. The van der Waals surface area contributed by atoms with Gasteiger partial charge in [0.1, 0.15) is 6.54 Å². The van der Waals surface area contributed by atoms with Gasteiger partial charge in [0.15, 0.2) is 0 Å². The molecule has 37 heavy (non-hydrogen) atoms. The monoisotopic (exact) mass is 533 g/mol. The van der Waals surface area contributed by atoms with Crippen molar-refractivity contribution in [3.05, 3.63) is 87.6 Å². The number of para-hydroxylation sites is 1. The molecule has 3 amide bonds. The Morgan fingerprint density at radius 3 is 2.32 bits per heavy atom. The van der Waals surface area contributed by atoms with Crippen LogP contribution in [-0.4, -0.2) is 48.5 Å². The van der Waals surface area contributed by atoms with Gasteiger partial charge in [-0.2, -0.15) is 13.2 Å². The van der Waals surface area contributed by atoms with Crippen molar-refractivity contribution in [1.82, 2.24) is 9.80 Å². The summed E-state index contributed by atoms with van der Waals surface area (Å²) < 4.78 is 45.4. The van der Waals surface area contributed by atoms with E-state index in [1.807, 2.05) is 48.7 Å². The van der Waals surface area contributed by atoms with E-state index in [2.05, 4.69) is 5.32 Å². The lowest BCUT2D eigenvalue weighted by Gasteiger charge is -2.28. The van der Waals surface area contributed by atoms with E-state index in [9.17, 15) is 22.8 Å². The highest BCUT2D eigenvalue weighted by atomic mass is 32.1. The first-order valence-corrected chi connectivity index (χ1v) is 12.6. The van der Waals surface area contributed by atoms with Crippen LogP contribution in [0.5, 0.6) is 0 Å². The third-order valence-corrected chi connectivity index (χ3v) is 6.74. The number of nitrogens with zero attached hydrogens (tertiary/aromatic N) is 2. The number of ether oxygens (including phenoxy) is 1. The average Bonchev–Trinajstić information content (AvgIpc) is 3.27. The summed E-state index contributed by atoms with van der Waals surface area (Å²) in [7, 11) is 1.51. The second-order valence-electron chi connectivity index (χ2n) is 8.50. The molecule has 198 valence electrons. The van der Waals surface area contributed by atoms with Crippen LogP contribution >= 0.6 is 11.3 Å². The van der Waals surface area contributed by atoms with Crippen molar-refractivity contribution in [2.45, 2.75) is 32.6 Å². The van der Waals surface area contributed by atoms with E-state index in [1.54, 1.807) is 16.2 Å². The Kier molecular flexibility index (Phi) is 10.1. The first-order valence-electron chi connectivity index (χ1n) is 11.7. The lowest BCUT2D eigenvalue weighted by Crippen LogP contribution is -2.44. The molecular weight excluding hydrogens is 503 g/mol. The zero-order valence-corrected chi connectivity index (χ0v) is 21.6. The predicted octanol–water partition coefficient (Wildman–Crippen LogP) is 6.17. The van der Waals surface area contributed by atoms with Gasteiger partial charge < -0.3 is 19.9 Å². The third-order valence-electron chi connectivity index (χ3n) is 5.74. The molecule has 0 radical (unpaired) electrons. The number of urea groups is 1. The smallest absolute Gasteiger partial charge is 0.385 e. The molecule has 0 saturated heterocycles. The largest absolute Gasteiger partial charge is 0.418 e. The zero-order valence-electron chi connectivity index (χ0n) is 20.8. The Bertz CT molecular complexity index is 1170. The minimum atomic E-state index is -4.63. The van der Waals surface area contributed by atoms with Crippen molar-refractivity contribution in [2.75, 3.05) is 32.1 Å². The van der Waals surface area contributed by atoms with Crippen LogP contribution < -0.4 is 5.32 Å². The number of rotatable bonds is 11. The molecule has 6 nitrogen and oxygen atoms in total. The second-order valence-corrected chi connectivity index (χ2v) is 9.50. The van der Waals surface area contributed by atoms with Crippen molar-refractivity contribution in [3.8, 4) is 0 Å². The highest BCUT2D eigenvalue weighted by Gasteiger charge is 2.34. The van der Waals surface area contributed by atoms with E-state index in [-0.39, 0.29) is 24.7 Å². The Balaban J connectivity index is 1.81. The van der Waals surface area contributed by atoms with Gasteiger partial charge in [0.05, 0.1) is 17.8 Å². The molecular formula is C27H30F3N3O3S. The van der Waals surface area contributed by atoms with Gasteiger partial charge in [-0.05, 0) is 48.1 Å². The van der Waals surface area contributed by atoms with E-state index in [0.717, 1.165) is 22.1 Å². The second kappa shape index (κ2) is 13.3. The van der Waals surface area contributed by atoms with Crippen molar-refractivity contribution < 1.29 is 27.5 Å². The molecule has 3 aromatic rings. The number of anilines is 1. The van der Waals surface area contributed by atoms with Crippen molar-refractivity contribution in [1.29, 1.82) is 0 Å². The first kappa shape index (κ1) is 28.2. The maximum absolute atomic E-state index is 13.5. The maximum atomic E-state index is 13.5. The molecule has 0 atom stereocenters. The fourth-order valence-electron chi connectivity index (χ4n) is 3.72. The summed E-state index contributed by atoms with van der Waals surface area (Å²) in [5.41, 5.74) is 0.679. The van der Waals surface area contributed by atoms with E-state index in [1.165, 1.54) is 30.2 Å². The number of hydrogen-bond acceptors (Lipinski definition) is 4. The van der Waals surface area contributed by atoms with E-state index < -0.39 is 17.8 Å². The number of alkyl halides is 3. The quantitative estimate of drug-likeness (QED) is 0.300. The Hall–Kier alpha value is -3.37. The Labute approximate surface area is 218 Å². The molecule has 0 aliphatic carbocycles. The molecule has 10 heteroatoms. The van der Waals surface area contributed by atoms with E-state index in [0.29, 0.717) is 26.1 Å². The van der Waals surface area contributed by atoms with Crippen LogP contribution in [0.25, 0.3) is 0 Å². The molecule has 0 aliphatic heterocycles. The molecule has 1 heterocycles. The number of nitrogens with one attached hydrogen (secondary N) is 1. The lowest BCUT2D eigenvalue weighted by molar-refractivity contribution is -0.137. The third kappa shape index (κ3) is 8.33. The van der Waals surface area contributed by atoms with Gasteiger partial charge in [0.25, 0.3) is 0 Å². The van der Waals surface area contributed by atoms with Gasteiger partial charge in [-0.1, -0.05) is 42.5 Å². The zero-order chi connectivity index (χ0) is 26.8. The van der Waals surface area contributed by atoms with Crippen LogP contribution in [0.2, 0.25) is 0 Å². The van der Waals surface area contributed by atoms with Gasteiger partial charge >= 0.3 is 12.2 Å². The number of aryl methyl sites for hydroxylation is 1. The maximum Gasteiger partial charge on any atom is 0.418 e. The summed E-state index contributed by atoms with van der Waals surface area (Å²) in [5, 5.41) is 4.31. The van der Waals surface area contributed by atoms with Crippen molar-refractivity contribution in [3.63, 3.8) is 0 Å². The molecule has 3 rings (SSSR count). The molecule has 0 aliphatic rings. The van der Waals surface area contributed by atoms with Crippen LogP contribution in [0.1, 0.15) is 28.0 Å². The van der Waals surface area contributed by atoms with Gasteiger partial charge in [0, 0.05) is 31.7 Å². The Morgan fingerprint density at radius 1 is 0.973 bits per heavy atom. The molecule has 0 bridgehead atoms. The molecule has 0 fully saturated rings. The standard InChI is InChI=1S/C27H30F3N3O3S/c1-20-13-16-37-24(20)18-33(17-21-9-4-3-5-10-21)25(34)19-32(14-8-15-36-2)26(35)31-23-12-7-6-11-22(23)27(28,29)30/h3-7,9-13,16H,8,14-15,17-19H2,1-2H3,(H,31,35). The number of carbonyl (C=O) groups is 2. The van der Waals surface area contributed by atoms with Crippen LogP contribution in [-0.2, 0) is 28.8 Å². The molecule has 1 aromatic heterocycles. The molecule has 0 unspecified atom stereocenters. The van der Waals surface area contributed by atoms with E-state index >= 15 is 0 Å². The molecule has 2 aromatic carbocycles. The number of amides is 3. The first-order chi connectivity index (χ1) is 17.7. The van der Waals surface area contributed by atoms with Gasteiger partial charge in [0.2, 0.25) is 5.91 Å². The number of methoxy groups -OCH3 is 1. The molecule has 0 spiro atoms. The van der Waals surface area contributed by atoms with Gasteiger partial charge in [-0.25, -0.2) is 4.79 Å². The fourth-order valence-corrected chi connectivity index (χ4v) is 4.65. The van der Waals surface area contributed by atoms with Crippen LogP contribution in [0.4, 0.5) is 23.7 Å². The van der Waals surface area contributed by atoms with Crippen LogP contribution in [0, 0.1) is 6.92 Å². The van der Waals surface area contributed by atoms with Crippen molar-refractivity contribution in [2.24, 2.45) is 0 Å². The summed E-state index contributed by atoms with van der Waals surface area (Å²) in [6, 6.07) is 15.5. The highest BCUT2D eigenvalue weighted by Crippen LogP contribution is 2.34. The van der Waals surface area contributed by atoms with Crippen molar-refractivity contribution >= 4 is 29.0 Å². The average molecular weight is 534 g/mol.